The van der Waals surface area contributed by atoms with Gasteiger partial charge in [0.15, 0.2) is 0 Å². The van der Waals surface area contributed by atoms with E-state index in [0.29, 0.717) is 0 Å². The maximum absolute atomic E-state index is 3.19. The molecular weight excluding hydrogens is 124 g/mol. The third-order valence-electron chi connectivity index (χ3n) is 2.59. The molecule has 0 aromatic heterocycles. The second-order valence-corrected chi connectivity index (χ2v) is 3.31. The monoisotopic (exact) mass is 134 g/mol. The molecule has 1 saturated heterocycles. The van der Waals surface area contributed by atoms with E-state index in [1.807, 2.05) is 0 Å². The van der Waals surface area contributed by atoms with Crippen molar-refractivity contribution in [2.24, 2.45) is 11.8 Å². The number of allylic oxidation sites excluding steroid dienone is 3. The molecule has 0 aromatic carbocycles. The molecule has 0 amide bonds. The lowest BCUT2D eigenvalue weighted by atomic mass is 9.93. The number of hydrazine groups is 1. The Balaban J connectivity index is 1.99. The summed E-state index contributed by atoms with van der Waals surface area (Å²) in [7, 11) is 0. The summed E-state index contributed by atoms with van der Waals surface area (Å²) in [4.78, 5) is 0. The molecule has 1 fully saturated rings. The van der Waals surface area contributed by atoms with Crippen LogP contribution in [0.15, 0.2) is 23.4 Å². The Morgan fingerprint density at radius 1 is 1.50 bits per heavy atom. The molecule has 52 valence electrons. The van der Waals surface area contributed by atoms with Crippen molar-refractivity contribution in [3.05, 3.63) is 23.4 Å². The van der Waals surface area contributed by atoms with E-state index in [0.717, 1.165) is 18.4 Å². The Kier molecular flexibility index (Phi) is 0.722. The van der Waals surface area contributed by atoms with Gasteiger partial charge in [0.2, 0.25) is 0 Å². The Morgan fingerprint density at radius 3 is 3.50 bits per heavy atom. The lowest BCUT2D eigenvalue weighted by molar-refractivity contribution is 0.556. The standard InChI is InChI=1S/C8H10N2/c1-5-2-7-4-9-10-8(7)3-6(1)5/h1,3,5,7,9-10H,2,4H2. The third kappa shape index (κ3) is 0.522. The third-order valence-corrected chi connectivity index (χ3v) is 2.59. The molecule has 2 N–H and O–H groups in total. The van der Waals surface area contributed by atoms with Crippen molar-refractivity contribution in [1.29, 1.82) is 0 Å². The first kappa shape index (κ1) is 4.97. The van der Waals surface area contributed by atoms with Gasteiger partial charge in [0.05, 0.1) is 0 Å². The highest BCUT2D eigenvalue weighted by molar-refractivity contribution is 5.45. The van der Waals surface area contributed by atoms with Crippen LogP contribution in [-0.4, -0.2) is 6.54 Å². The van der Waals surface area contributed by atoms with Crippen LogP contribution in [0.2, 0.25) is 0 Å². The fourth-order valence-electron chi connectivity index (χ4n) is 1.88. The van der Waals surface area contributed by atoms with E-state index in [-0.39, 0.29) is 0 Å². The number of nitrogens with one attached hydrogen (secondary N) is 2. The minimum absolute atomic E-state index is 0.771. The van der Waals surface area contributed by atoms with Gasteiger partial charge in [-0.2, -0.15) is 0 Å². The topological polar surface area (TPSA) is 24.1 Å². The highest BCUT2D eigenvalue weighted by Gasteiger charge is 2.35. The summed E-state index contributed by atoms with van der Waals surface area (Å²) in [5.41, 5.74) is 9.29. The van der Waals surface area contributed by atoms with E-state index in [9.17, 15) is 0 Å². The van der Waals surface area contributed by atoms with Gasteiger partial charge >= 0.3 is 0 Å². The Bertz CT molecular complexity index is 240. The van der Waals surface area contributed by atoms with Crippen molar-refractivity contribution >= 4 is 0 Å². The van der Waals surface area contributed by atoms with Crippen molar-refractivity contribution in [1.82, 2.24) is 10.9 Å². The minimum atomic E-state index is 0.771. The fraction of sp³-hybridized carbons (Fsp3) is 0.500. The molecule has 2 unspecified atom stereocenters. The van der Waals surface area contributed by atoms with Gasteiger partial charge in [0, 0.05) is 24.1 Å². The maximum atomic E-state index is 3.19. The van der Waals surface area contributed by atoms with Crippen molar-refractivity contribution in [3.8, 4) is 0 Å². The zero-order valence-corrected chi connectivity index (χ0v) is 5.72. The Morgan fingerprint density at radius 2 is 2.50 bits per heavy atom. The molecule has 0 aromatic rings. The van der Waals surface area contributed by atoms with Crippen LogP contribution in [0.4, 0.5) is 0 Å². The minimum Gasteiger partial charge on any atom is -0.325 e. The van der Waals surface area contributed by atoms with Crippen LogP contribution in [-0.2, 0) is 0 Å². The van der Waals surface area contributed by atoms with Crippen LogP contribution in [0.1, 0.15) is 6.42 Å². The van der Waals surface area contributed by atoms with Crippen LogP contribution in [0.5, 0.6) is 0 Å². The number of fused-ring (bicyclic) bond motifs is 2. The molecule has 2 nitrogen and oxygen atoms in total. The van der Waals surface area contributed by atoms with Crippen molar-refractivity contribution < 1.29 is 0 Å². The number of hydrogen-bond acceptors (Lipinski definition) is 2. The Labute approximate surface area is 60.0 Å². The van der Waals surface area contributed by atoms with E-state index in [2.05, 4.69) is 23.0 Å². The second-order valence-electron chi connectivity index (χ2n) is 3.31. The summed E-state index contributed by atoms with van der Waals surface area (Å²) in [6.07, 6.45) is 5.98. The molecule has 3 rings (SSSR count). The number of rotatable bonds is 0. The first-order chi connectivity index (χ1) is 4.93. The molecule has 3 aliphatic rings. The summed E-state index contributed by atoms with van der Waals surface area (Å²) >= 11 is 0. The molecule has 10 heavy (non-hydrogen) atoms. The molecule has 0 spiro atoms. The van der Waals surface area contributed by atoms with Gasteiger partial charge in [-0.05, 0) is 18.1 Å². The van der Waals surface area contributed by atoms with Gasteiger partial charge in [0.25, 0.3) is 0 Å². The average Bonchev–Trinajstić information content (AvgIpc) is 2.52. The smallest absolute Gasteiger partial charge is 0.0309 e. The van der Waals surface area contributed by atoms with Crippen molar-refractivity contribution in [2.75, 3.05) is 6.54 Å². The molecular formula is C8H10N2. The highest BCUT2D eigenvalue weighted by Crippen LogP contribution is 2.43. The Hall–Kier alpha value is -0.760. The maximum Gasteiger partial charge on any atom is 0.0309 e. The van der Waals surface area contributed by atoms with Crippen molar-refractivity contribution in [3.63, 3.8) is 0 Å². The summed E-state index contributed by atoms with van der Waals surface area (Å²) in [5.74, 6) is 1.61. The van der Waals surface area contributed by atoms with E-state index in [1.165, 1.54) is 12.1 Å². The van der Waals surface area contributed by atoms with Gasteiger partial charge in [-0.1, -0.05) is 6.08 Å². The van der Waals surface area contributed by atoms with Crippen LogP contribution in [0, 0.1) is 11.8 Å². The van der Waals surface area contributed by atoms with Gasteiger partial charge < -0.3 is 5.43 Å². The molecule has 2 heteroatoms. The van der Waals surface area contributed by atoms with Gasteiger partial charge in [-0.25, -0.2) is 5.43 Å². The van der Waals surface area contributed by atoms with Gasteiger partial charge in [-0.3, -0.25) is 0 Å². The van der Waals surface area contributed by atoms with E-state index < -0.39 is 0 Å². The lowest BCUT2D eigenvalue weighted by Crippen LogP contribution is -2.20. The summed E-state index contributed by atoms with van der Waals surface area (Å²) in [6.45, 7) is 1.11. The highest BCUT2D eigenvalue weighted by atomic mass is 15.4. The molecule has 1 heterocycles. The predicted octanol–water partition coefficient (Wildman–Crippen LogP) is 0.554. The molecule has 2 aliphatic carbocycles. The molecule has 0 bridgehead atoms. The summed E-state index contributed by atoms with van der Waals surface area (Å²) < 4.78 is 0. The van der Waals surface area contributed by atoms with E-state index in [4.69, 9.17) is 0 Å². The van der Waals surface area contributed by atoms with Gasteiger partial charge in [0.1, 0.15) is 0 Å². The summed E-state index contributed by atoms with van der Waals surface area (Å²) in [5, 5.41) is 0. The normalized spacial score (nSPS) is 40.8. The quantitative estimate of drug-likeness (QED) is 0.505. The lowest BCUT2D eigenvalue weighted by Gasteiger charge is -2.13. The first-order valence-corrected chi connectivity index (χ1v) is 3.86. The van der Waals surface area contributed by atoms with Crippen LogP contribution < -0.4 is 10.9 Å². The van der Waals surface area contributed by atoms with E-state index in [1.54, 1.807) is 5.57 Å². The first-order valence-electron chi connectivity index (χ1n) is 3.86. The molecule has 0 radical (unpaired) electrons. The SMILES string of the molecule is C1=C2C=C3NNCC3CC12. The second kappa shape index (κ2) is 1.45. The summed E-state index contributed by atoms with van der Waals surface area (Å²) in [6, 6.07) is 0. The van der Waals surface area contributed by atoms with E-state index >= 15 is 0 Å². The van der Waals surface area contributed by atoms with Crippen LogP contribution >= 0.6 is 0 Å². The molecule has 2 atom stereocenters. The van der Waals surface area contributed by atoms with Gasteiger partial charge in [-0.15, -0.1) is 0 Å². The molecule has 1 aliphatic heterocycles. The van der Waals surface area contributed by atoms with Crippen molar-refractivity contribution in [2.45, 2.75) is 6.42 Å². The van der Waals surface area contributed by atoms with Crippen LogP contribution in [0.25, 0.3) is 0 Å². The largest absolute Gasteiger partial charge is 0.325 e. The zero-order valence-electron chi connectivity index (χ0n) is 5.72. The number of hydrogen-bond donors (Lipinski definition) is 2. The van der Waals surface area contributed by atoms with Crippen LogP contribution in [0.3, 0.4) is 0 Å². The predicted molar refractivity (Wildman–Crippen MR) is 38.9 cm³/mol. The average molecular weight is 134 g/mol. The fourth-order valence-corrected chi connectivity index (χ4v) is 1.88. The molecule has 0 saturated carbocycles. The zero-order chi connectivity index (χ0) is 6.55.